The van der Waals surface area contributed by atoms with E-state index in [0.29, 0.717) is 23.1 Å². The Bertz CT molecular complexity index is 1170. The van der Waals surface area contributed by atoms with Crippen molar-refractivity contribution in [1.82, 2.24) is 20.6 Å². The summed E-state index contributed by atoms with van der Waals surface area (Å²) in [6.45, 7) is 2.14. The number of rotatable bonds is 11. The van der Waals surface area contributed by atoms with Gasteiger partial charge in [-0.15, -0.1) is 11.3 Å². The van der Waals surface area contributed by atoms with Gasteiger partial charge in [-0.1, -0.05) is 18.2 Å². The molecule has 4 N–H and O–H groups in total. The van der Waals surface area contributed by atoms with Crippen molar-refractivity contribution in [1.29, 1.82) is 0 Å². The van der Waals surface area contributed by atoms with Gasteiger partial charge in [-0.2, -0.15) is 0 Å². The number of hydrogen-bond acceptors (Lipinski definition) is 9. The summed E-state index contributed by atoms with van der Waals surface area (Å²) >= 11 is 1.27. The van der Waals surface area contributed by atoms with E-state index in [1.807, 2.05) is 6.07 Å². The molecule has 0 radical (unpaired) electrons. The van der Waals surface area contributed by atoms with Gasteiger partial charge < -0.3 is 25.8 Å². The maximum atomic E-state index is 12.8. The van der Waals surface area contributed by atoms with Gasteiger partial charge in [-0.3, -0.25) is 9.59 Å². The first-order valence-electron chi connectivity index (χ1n) is 10.9. The average molecular weight is 498 g/mol. The number of anilines is 1. The Morgan fingerprint density at radius 3 is 2.69 bits per heavy atom. The zero-order valence-corrected chi connectivity index (χ0v) is 20.2. The van der Waals surface area contributed by atoms with Crippen LogP contribution in [0.25, 0.3) is 0 Å². The lowest BCUT2D eigenvalue weighted by Gasteiger charge is -2.17. The third-order valence-electron chi connectivity index (χ3n) is 5.06. The molecule has 3 rings (SSSR count). The largest absolute Gasteiger partial charge is 0.508 e. The molecule has 184 valence electrons. The van der Waals surface area contributed by atoms with Crippen LogP contribution in [0.2, 0.25) is 0 Å². The van der Waals surface area contributed by atoms with Crippen molar-refractivity contribution in [3.05, 3.63) is 69.7 Å². The van der Waals surface area contributed by atoms with Crippen molar-refractivity contribution in [2.75, 3.05) is 25.5 Å². The van der Waals surface area contributed by atoms with E-state index in [1.165, 1.54) is 24.6 Å². The Morgan fingerprint density at radius 2 is 2.00 bits per heavy atom. The molecule has 0 unspecified atom stereocenters. The minimum atomic E-state index is -1.08. The SMILES string of the molecule is COC(=O)[C@H](CNC(=O)c1cccs1)NC(=O)c1cnc(NCCCc2cccc(O)c2)nc1C. The lowest BCUT2D eigenvalue weighted by Crippen LogP contribution is -2.49. The number of aromatic hydroxyl groups is 1. The van der Waals surface area contributed by atoms with Gasteiger partial charge in [0.2, 0.25) is 5.95 Å². The van der Waals surface area contributed by atoms with E-state index in [2.05, 4.69) is 25.9 Å². The normalized spacial score (nSPS) is 11.4. The van der Waals surface area contributed by atoms with E-state index in [-0.39, 0.29) is 23.8 Å². The summed E-state index contributed by atoms with van der Waals surface area (Å²) < 4.78 is 4.76. The van der Waals surface area contributed by atoms with E-state index >= 15 is 0 Å². The second-order valence-electron chi connectivity index (χ2n) is 7.63. The fourth-order valence-electron chi connectivity index (χ4n) is 3.24. The number of thiophene rings is 1. The summed E-state index contributed by atoms with van der Waals surface area (Å²) in [5.74, 6) is -0.973. The molecule has 0 spiro atoms. The lowest BCUT2D eigenvalue weighted by molar-refractivity contribution is -0.142. The predicted molar refractivity (Wildman–Crippen MR) is 132 cm³/mol. The second kappa shape index (κ2) is 12.5. The van der Waals surface area contributed by atoms with E-state index in [0.717, 1.165) is 18.4 Å². The summed E-state index contributed by atoms with van der Waals surface area (Å²) in [6.07, 6.45) is 2.96. The number of carbonyl (C=O) groups is 3. The number of nitrogens with one attached hydrogen (secondary N) is 3. The van der Waals surface area contributed by atoms with Crippen LogP contribution < -0.4 is 16.0 Å². The minimum Gasteiger partial charge on any atom is -0.508 e. The van der Waals surface area contributed by atoms with Gasteiger partial charge in [0, 0.05) is 19.3 Å². The fraction of sp³-hybridized carbons (Fsp3) is 0.292. The number of esters is 1. The van der Waals surface area contributed by atoms with Gasteiger partial charge >= 0.3 is 5.97 Å². The van der Waals surface area contributed by atoms with Gasteiger partial charge in [0.15, 0.2) is 0 Å². The van der Waals surface area contributed by atoms with E-state index in [1.54, 1.807) is 42.6 Å². The van der Waals surface area contributed by atoms with E-state index < -0.39 is 17.9 Å². The number of phenols is 1. The van der Waals surface area contributed by atoms with Crippen molar-refractivity contribution in [3.63, 3.8) is 0 Å². The zero-order valence-electron chi connectivity index (χ0n) is 19.4. The van der Waals surface area contributed by atoms with Crippen LogP contribution >= 0.6 is 11.3 Å². The molecule has 11 heteroatoms. The summed E-state index contributed by atoms with van der Waals surface area (Å²) in [7, 11) is 1.21. The van der Waals surface area contributed by atoms with Gasteiger partial charge in [-0.25, -0.2) is 14.8 Å². The number of amides is 2. The number of methoxy groups -OCH3 is 1. The van der Waals surface area contributed by atoms with Gasteiger partial charge in [-0.05, 0) is 48.9 Å². The number of aromatic nitrogens is 2. The van der Waals surface area contributed by atoms with Gasteiger partial charge in [0.05, 0.1) is 23.2 Å². The standard InChI is InChI=1S/C24H27N5O5S/c1-15-18(13-27-24(28-15)25-10-4-7-16-6-3-8-17(30)12-16)21(31)29-19(23(33)34-2)14-26-22(32)20-9-5-11-35-20/h3,5-6,8-9,11-13,19,30H,4,7,10,14H2,1-2H3,(H,26,32)(H,29,31)(H,25,27,28)/t19-/m0/s1. The minimum absolute atomic E-state index is 0.131. The Labute approximate surface area is 206 Å². The maximum absolute atomic E-state index is 12.8. The Morgan fingerprint density at radius 1 is 1.17 bits per heavy atom. The average Bonchev–Trinajstić information content (AvgIpc) is 3.39. The predicted octanol–water partition coefficient (Wildman–Crippen LogP) is 2.30. The summed E-state index contributed by atoms with van der Waals surface area (Å²) in [4.78, 5) is 46.1. The fourth-order valence-corrected chi connectivity index (χ4v) is 3.88. The molecule has 2 aromatic heterocycles. The highest BCUT2D eigenvalue weighted by molar-refractivity contribution is 7.12. The van der Waals surface area contributed by atoms with Crippen LogP contribution in [0.15, 0.2) is 48.0 Å². The summed E-state index contributed by atoms with van der Waals surface area (Å²) in [5.41, 5.74) is 1.66. The molecule has 1 aromatic carbocycles. The van der Waals surface area contributed by atoms with Crippen LogP contribution in [0.4, 0.5) is 5.95 Å². The Balaban J connectivity index is 1.53. The number of nitrogens with zero attached hydrogens (tertiary/aromatic N) is 2. The molecule has 0 aliphatic carbocycles. The number of aryl methyl sites for hydroxylation is 2. The Hall–Kier alpha value is -3.99. The maximum Gasteiger partial charge on any atom is 0.330 e. The quantitative estimate of drug-likeness (QED) is 0.233. The number of hydrogen-bond donors (Lipinski definition) is 4. The molecule has 10 nitrogen and oxygen atoms in total. The third-order valence-corrected chi connectivity index (χ3v) is 5.93. The molecule has 35 heavy (non-hydrogen) atoms. The van der Waals surface area contributed by atoms with Gasteiger partial charge in [0.25, 0.3) is 11.8 Å². The van der Waals surface area contributed by atoms with Crippen molar-refractivity contribution in [3.8, 4) is 5.75 Å². The zero-order chi connectivity index (χ0) is 25.2. The first kappa shape index (κ1) is 25.6. The molecule has 3 aromatic rings. The van der Waals surface area contributed by atoms with Crippen LogP contribution in [-0.4, -0.2) is 59.1 Å². The highest BCUT2D eigenvalue weighted by Gasteiger charge is 2.24. The summed E-state index contributed by atoms with van der Waals surface area (Å²) in [6, 6.07) is 9.43. The topological polar surface area (TPSA) is 143 Å². The molecule has 0 aliphatic rings. The Kier molecular flexibility index (Phi) is 9.13. The highest BCUT2D eigenvalue weighted by atomic mass is 32.1. The van der Waals surface area contributed by atoms with Crippen LogP contribution in [0.1, 0.15) is 37.7 Å². The lowest BCUT2D eigenvalue weighted by atomic mass is 10.1. The number of phenolic OH excluding ortho intramolecular Hbond substituents is 1. The van der Waals surface area contributed by atoms with Crippen LogP contribution in [0.3, 0.4) is 0 Å². The first-order valence-corrected chi connectivity index (χ1v) is 11.8. The second-order valence-corrected chi connectivity index (χ2v) is 8.58. The van der Waals surface area contributed by atoms with Crippen LogP contribution in [0, 0.1) is 6.92 Å². The molecule has 0 bridgehead atoms. The number of carbonyl (C=O) groups excluding carboxylic acids is 3. The van der Waals surface area contributed by atoms with Crippen molar-refractivity contribution in [2.45, 2.75) is 25.8 Å². The monoisotopic (exact) mass is 497 g/mol. The van der Waals surface area contributed by atoms with Crippen molar-refractivity contribution < 1.29 is 24.2 Å². The van der Waals surface area contributed by atoms with Crippen molar-refractivity contribution >= 4 is 35.1 Å². The molecule has 0 saturated heterocycles. The molecular weight excluding hydrogens is 470 g/mol. The van der Waals surface area contributed by atoms with E-state index in [9.17, 15) is 19.5 Å². The van der Waals surface area contributed by atoms with Crippen molar-refractivity contribution in [2.24, 2.45) is 0 Å². The van der Waals surface area contributed by atoms with Crippen LogP contribution in [0.5, 0.6) is 5.75 Å². The number of ether oxygens (including phenoxy) is 1. The van der Waals surface area contributed by atoms with Crippen LogP contribution in [-0.2, 0) is 16.0 Å². The molecular formula is C24H27N5O5S. The van der Waals surface area contributed by atoms with Gasteiger partial charge in [0.1, 0.15) is 11.8 Å². The molecule has 2 amide bonds. The third kappa shape index (κ3) is 7.51. The highest BCUT2D eigenvalue weighted by Crippen LogP contribution is 2.13. The summed E-state index contributed by atoms with van der Waals surface area (Å²) in [5, 5.41) is 19.6. The molecule has 0 aliphatic heterocycles. The molecule has 2 heterocycles. The smallest absolute Gasteiger partial charge is 0.330 e. The molecule has 1 atom stereocenters. The number of benzene rings is 1. The first-order chi connectivity index (χ1) is 16.9. The van der Waals surface area contributed by atoms with E-state index in [4.69, 9.17) is 4.74 Å². The molecule has 0 saturated carbocycles. The molecule has 0 fully saturated rings.